The molecule has 2 aliphatic rings. The van der Waals surface area contributed by atoms with Crippen LogP contribution in [0.25, 0.3) is 0 Å². The summed E-state index contributed by atoms with van der Waals surface area (Å²) in [5.41, 5.74) is 0.303. The van der Waals surface area contributed by atoms with Crippen molar-refractivity contribution in [3.05, 3.63) is 29.8 Å². The number of sulfonamides is 1. The Hall–Kier alpha value is -1.40. The zero-order valence-electron chi connectivity index (χ0n) is 14.3. The number of piperidine rings is 1. The van der Waals surface area contributed by atoms with Crippen LogP contribution >= 0.6 is 0 Å². The molecular weight excluding hydrogens is 324 g/mol. The van der Waals surface area contributed by atoms with Gasteiger partial charge in [-0.25, -0.2) is 8.42 Å². The zero-order valence-corrected chi connectivity index (χ0v) is 15.1. The van der Waals surface area contributed by atoms with Gasteiger partial charge in [0.2, 0.25) is 10.0 Å². The Morgan fingerprint density at radius 3 is 2.33 bits per heavy atom. The van der Waals surface area contributed by atoms with Crippen molar-refractivity contribution in [3.8, 4) is 0 Å². The molecule has 2 fully saturated rings. The molecule has 1 aromatic carbocycles. The molecule has 1 saturated heterocycles. The molecule has 1 aliphatic carbocycles. The van der Waals surface area contributed by atoms with Gasteiger partial charge < -0.3 is 4.90 Å². The second-order valence-corrected chi connectivity index (χ2v) is 8.72. The van der Waals surface area contributed by atoms with E-state index in [4.69, 9.17) is 0 Å². The molecule has 0 atom stereocenters. The van der Waals surface area contributed by atoms with Crippen molar-refractivity contribution in [1.29, 1.82) is 0 Å². The minimum Gasteiger partial charge on any atom is -0.339 e. The third kappa shape index (κ3) is 3.35. The number of rotatable bonds is 4. The summed E-state index contributed by atoms with van der Waals surface area (Å²) in [6.45, 7) is 1.09. The smallest absolute Gasteiger partial charge is 0.255 e. The lowest BCUT2D eigenvalue weighted by Gasteiger charge is -2.28. The first-order valence-electron chi connectivity index (χ1n) is 8.88. The Balaban J connectivity index is 1.91. The maximum absolute atomic E-state index is 13.0. The van der Waals surface area contributed by atoms with Crippen LogP contribution in [0.1, 0.15) is 55.3 Å². The van der Waals surface area contributed by atoms with E-state index in [1.165, 1.54) is 4.31 Å². The van der Waals surface area contributed by atoms with Crippen LogP contribution in [0, 0.1) is 0 Å². The van der Waals surface area contributed by atoms with E-state index in [1.807, 2.05) is 0 Å². The van der Waals surface area contributed by atoms with Crippen LogP contribution in [0.4, 0.5) is 0 Å². The van der Waals surface area contributed by atoms with Crippen molar-refractivity contribution in [1.82, 2.24) is 9.21 Å². The van der Waals surface area contributed by atoms with Gasteiger partial charge in [0.15, 0.2) is 0 Å². The normalized spacial score (nSPS) is 20.2. The molecule has 0 unspecified atom stereocenters. The van der Waals surface area contributed by atoms with E-state index in [0.717, 1.165) is 44.9 Å². The van der Waals surface area contributed by atoms with Crippen molar-refractivity contribution in [2.75, 3.05) is 20.1 Å². The van der Waals surface area contributed by atoms with Crippen molar-refractivity contribution in [3.63, 3.8) is 0 Å². The van der Waals surface area contributed by atoms with Gasteiger partial charge >= 0.3 is 0 Å². The van der Waals surface area contributed by atoms with Crippen LogP contribution in [0.3, 0.4) is 0 Å². The van der Waals surface area contributed by atoms with Crippen molar-refractivity contribution < 1.29 is 13.2 Å². The second kappa shape index (κ2) is 7.23. The first kappa shape index (κ1) is 17.4. The molecule has 0 aromatic heterocycles. The molecule has 1 saturated carbocycles. The average Bonchev–Trinajstić information content (AvgIpc) is 3.16. The molecular formula is C18H26N2O3S. The lowest BCUT2D eigenvalue weighted by molar-refractivity contribution is 0.0731. The number of amides is 1. The van der Waals surface area contributed by atoms with Crippen molar-refractivity contribution in [2.24, 2.45) is 0 Å². The molecule has 0 spiro atoms. The van der Waals surface area contributed by atoms with E-state index >= 15 is 0 Å². The number of benzene rings is 1. The largest absolute Gasteiger partial charge is 0.339 e. The Morgan fingerprint density at radius 1 is 1.04 bits per heavy atom. The summed E-state index contributed by atoms with van der Waals surface area (Å²) in [6.07, 6.45) is 7.12. The molecule has 1 heterocycles. The fourth-order valence-corrected chi connectivity index (χ4v) is 5.46. The maximum atomic E-state index is 13.0. The quantitative estimate of drug-likeness (QED) is 0.839. The maximum Gasteiger partial charge on any atom is 0.255 e. The summed E-state index contributed by atoms with van der Waals surface area (Å²) in [7, 11) is -1.81. The summed E-state index contributed by atoms with van der Waals surface area (Å²) < 4.78 is 27.5. The van der Waals surface area contributed by atoms with Crippen molar-refractivity contribution in [2.45, 2.75) is 55.9 Å². The van der Waals surface area contributed by atoms with E-state index in [9.17, 15) is 13.2 Å². The first-order chi connectivity index (χ1) is 11.5. The van der Waals surface area contributed by atoms with Crippen molar-refractivity contribution >= 4 is 15.9 Å². The number of hydrogen-bond acceptors (Lipinski definition) is 3. The zero-order chi connectivity index (χ0) is 17.2. The molecule has 0 N–H and O–H groups in total. The molecule has 132 valence electrons. The summed E-state index contributed by atoms with van der Waals surface area (Å²) in [4.78, 5) is 14.8. The van der Waals surface area contributed by atoms with Gasteiger partial charge in [-0.2, -0.15) is 4.31 Å². The summed E-state index contributed by atoms with van der Waals surface area (Å²) in [6, 6.07) is 6.88. The lowest BCUT2D eigenvalue weighted by atomic mass is 10.1. The molecule has 0 bridgehead atoms. The highest BCUT2D eigenvalue weighted by atomic mass is 32.2. The number of carbonyl (C=O) groups is 1. The predicted octanol–water partition coefficient (Wildman–Crippen LogP) is 2.88. The SMILES string of the molecule is CN(C(=O)c1ccccc1S(=O)(=O)N1CCCCC1)C1CCCC1. The van der Waals surface area contributed by atoms with Crippen LogP contribution in [0.2, 0.25) is 0 Å². The Bertz CT molecular complexity index is 690. The molecule has 5 nitrogen and oxygen atoms in total. The van der Waals surface area contributed by atoms with Crippen LogP contribution in [-0.2, 0) is 10.0 Å². The summed E-state index contributed by atoms with van der Waals surface area (Å²) >= 11 is 0. The number of hydrogen-bond donors (Lipinski definition) is 0. The average molecular weight is 350 g/mol. The van der Waals surface area contributed by atoms with Gasteiger partial charge in [-0.05, 0) is 37.8 Å². The van der Waals surface area contributed by atoms with Crippen LogP contribution in [0.5, 0.6) is 0 Å². The van der Waals surface area contributed by atoms with Gasteiger partial charge in [0, 0.05) is 26.2 Å². The summed E-state index contributed by atoms with van der Waals surface area (Å²) in [5, 5.41) is 0. The second-order valence-electron chi connectivity index (χ2n) is 6.82. The van der Waals surface area contributed by atoms with E-state index in [2.05, 4.69) is 0 Å². The van der Waals surface area contributed by atoms with Gasteiger partial charge in [-0.15, -0.1) is 0 Å². The topological polar surface area (TPSA) is 57.7 Å². The molecule has 3 rings (SSSR count). The highest BCUT2D eigenvalue weighted by molar-refractivity contribution is 7.89. The van der Waals surface area contributed by atoms with Gasteiger partial charge in [0.05, 0.1) is 10.5 Å². The minimum absolute atomic E-state index is 0.154. The number of carbonyl (C=O) groups excluding carboxylic acids is 1. The molecule has 1 aliphatic heterocycles. The predicted molar refractivity (Wildman–Crippen MR) is 93.4 cm³/mol. The van der Waals surface area contributed by atoms with Crippen LogP contribution in [0.15, 0.2) is 29.2 Å². The third-order valence-electron chi connectivity index (χ3n) is 5.24. The van der Waals surface area contributed by atoms with Gasteiger partial charge in [0.1, 0.15) is 0 Å². The standard InChI is InChI=1S/C18H26N2O3S/c1-19(15-9-3-4-10-15)18(21)16-11-5-6-12-17(16)24(22,23)20-13-7-2-8-14-20/h5-6,11-12,15H,2-4,7-10,13-14H2,1H3. The van der Waals surface area contributed by atoms with Crippen LogP contribution in [-0.4, -0.2) is 49.7 Å². The fraction of sp³-hybridized carbons (Fsp3) is 0.611. The first-order valence-corrected chi connectivity index (χ1v) is 10.3. The fourth-order valence-electron chi connectivity index (χ4n) is 3.76. The van der Waals surface area contributed by atoms with Gasteiger partial charge in [-0.3, -0.25) is 4.79 Å². The monoisotopic (exact) mass is 350 g/mol. The third-order valence-corrected chi connectivity index (χ3v) is 7.20. The Morgan fingerprint density at radius 2 is 1.67 bits per heavy atom. The highest BCUT2D eigenvalue weighted by Crippen LogP contribution is 2.27. The molecule has 24 heavy (non-hydrogen) atoms. The van der Waals surface area contributed by atoms with Crippen LogP contribution < -0.4 is 0 Å². The molecule has 6 heteroatoms. The minimum atomic E-state index is -3.61. The van der Waals surface area contributed by atoms with Gasteiger partial charge in [-0.1, -0.05) is 31.4 Å². The van der Waals surface area contributed by atoms with E-state index in [-0.39, 0.29) is 16.8 Å². The molecule has 1 aromatic rings. The van der Waals surface area contributed by atoms with Gasteiger partial charge in [0.25, 0.3) is 5.91 Å². The van der Waals surface area contributed by atoms with E-state index < -0.39 is 10.0 Å². The summed E-state index contributed by atoms with van der Waals surface area (Å²) in [5.74, 6) is -0.182. The highest BCUT2D eigenvalue weighted by Gasteiger charge is 2.32. The lowest BCUT2D eigenvalue weighted by Crippen LogP contribution is -2.39. The Labute approximate surface area is 144 Å². The molecule has 1 amide bonds. The van der Waals surface area contributed by atoms with E-state index in [1.54, 1.807) is 36.2 Å². The van der Waals surface area contributed by atoms with E-state index in [0.29, 0.717) is 18.7 Å². The number of nitrogens with zero attached hydrogens (tertiary/aromatic N) is 2. The molecule has 0 radical (unpaired) electrons. The Kier molecular flexibility index (Phi) is 5.25.